The lowest BCUT2D eigenvalue weighted by Crippen LogP contribution is -2.50. The fourth-order valence-electron chi connectivity index (χ4n) is 4.00. The van der Waals surface area contributed by atoms with Gasteiger partial charge in [-0.15, -0.1) is 0 Å². The zero-order valence-corrected chi connectivity index (χ0v) is 14.7. The molecule has 23 heavy (non-hydrogen) atoms. The van der Waals surface area contributed by atoms with Crippen LogP contribution in [0.3, 0.4) is 0 Å². The molecule has 3 rings (SSSR count). The Kier molecular flexibility index (Phi) is 5.05. The standard InChI is InChI=1S/C18H30N4O/c1-13(2)10-15-11-17(21(3)20-15)18(23)22-9-7-16-14(12-22)6-4-5-8-19-16/h11,13-14,16,19H,4-10,12H2,1-3H3/t14-,16+/m0/s1. The first-order valence-corrected chi connectivity index (χ1v) is 9.10. The third-order valence-corrected chi connectivity index (χ3v) is 5.20. The summed E-state index contributed by atoms with van der Waals surface area (Å²) in [4.78, 5) is 15.0. The third-order valence-electron chi connectivity index (χ3n) is 5.20. The van der Waals surface area contributed by atoms with Crippen molar-refractivity contribution in [3.63, 3.8) is 0 Å². The highest BCUT2D eigenvalue weighted by molar-refractivity contribution is 5.92. The molecule has 2 fully saturated rings. The first kappa shape index (κ1) is 16.5. The van der Waals surface area contributed by atoms with E-state index in [1.807, 2.05) is 18.0 Å². The summed E-state index contributed by atoms with van der Waals surface area (Å²) in [6, 6.07) is 2.59. The normalized spacial score (nSPS) is 25.3. The number of carbonyl (C=O) groups excluding carboxylic acids is 1. The van der Waals surface area contributed by atoms with Gasteiger partial charge in [-0.1, -0.05) is 20.3 Å². The molecular formula is C18H30N4O. The minimum absolute atomic E-state index is 0.151. The van der Waals surface area contributed by atoms with Crippen LogP contribution >= 0.6 is 0 Å². The van der Waals surface area contributed by atoms with E-state index in [0.717, 1.165) is 43.9 Å². The predicted molar refractivity (Wildman–Crippen MR) is 91.4 cm³/mol. The number of fused-ring (bicyclic) bond motifs is 1. The molecule has 2 saturated heterocycles. The van der Waals surface area contributed by atoms with Gasteiger partial charge in [-0.25, -0.2) is 0 Å². The molecule has 5 nitrogen and oxygen atoms in total. The van der Waals surface area contributed by atoms with Crippen LogP contribution < -0.4 is 5.32 Å². The van der Waals surface area contributed by atoms with Gasteiger partial charge in [-0.05, 0) is 50.1 Å². The molecule has 2 aliphatic heterocycles. The van der Waals surface area contributed by atoms with Crippen LogP contribution in [0.4, 0.5) is 0 Å². The molecule has 1 N–H and O–H groups in total. The Morgan fingerprint density at radius 3 is 3.00 bits per heavy atom. The molecule has 2 atom stereocenters. The lowest BCUT2D eigenvalue weighted by atomic mass is 9.89. The van der Waals surface area contributed by atoms with Gasteiger partial charge in [0, 0.05) is 26.2 Å². The van der Waals surface area contributed by atoms with Crippen LogP contribution in [-0.4, -0.2) is 46.3 Å². The summed E-state index contributed by atoms with van der Waals surface area (Å²) in [7, 11) is 1.89. The number of rotatable bonds is 3. The third kappa shape index (κ3) is 3.77. The number of piperidine rings is 1. The minimum atomic E-state index is 0.151. The lowest BCUT2D eigenvalue weighted by Gasteiger charge is -2.38. The molecule has 5 heteroatoms. The molecule has 0 aliphatic carbocycles. The summed E-state index contributed by atoms with van der Waals surface area (Å²) in [6.07, 6.45) is 5.79. The highest BCUT2D eigenvalue weighted by Gasteiger charge is 2.33. The molecule has 3 heterocycles. The van der Waals surface area contributed by atoms with Gasteiger partial charge in [-0.2, -0.15) is 5.10 Å². The first-order valence-electron chi connectivity index (χ1n) is 9.10. The van der Waals surface area contributed by atoms with Crippen LogP contribution in [0, 0.1) is 11.8 Å². The number of hydrogen-bond donors (Lipinski definition) is 1. The Bertz CT molecular complexity index is 551. The molecule has 128 valence electrons. The van der Waals surface area contributed by atoms with E-state index in [-0.39, 0.29) is 5.91 Å². The van der Waals surface area contributed by atoms with Crippen molar-refractivity contribution in [3.05, 3.63) is 17.5 Å². The van der Waals surface area contributed by atoms with Crippen LogP contribution in [0.25, 0.3) is 0 Å². The van der Waals surface area contributed by atoms with E-state index in [4.69, 9.17) is 0 Å². The quantitative estimate of drug-likeness (QED) is 0.930. The van der Waals surface area contributed by atoms with Gasteiger partial charge in [0.2, 0.25) is 0 Å². The molecule has 0 unspecified atom stereocenters. The second kappa shape index (κ2) is 7.04. The van der Waals surface area contributed by atoms with E-state index < -0.39 is 0 Å². The highest BCUT2D eigenvalue weighted by Crippen LogP contribution is 2.26. The van der Waals surface area contributed by atoms with E-state index in [9.17, 15) is 4.79 Å². The van der Waals surface area contributed by atoms with Crippen molar-refractivity contribution in [1.29, 1.82) is 0 Å². The highest BCUT2D eigenvalue weighted by atomic mass is 16.2. The van der Waals surface area contributed by atoms with Crippen LogP contribution in [0.15, 0.2) is 6.07 Å². The topological polar surface area (TPSA) is 50.2 Å². The number of aromatic nitrogens is 2. The Hall–Kier alpha value is -1.36. The second-order valence-corrected chi connectivity index (χ2v) is 7.60. The number of aryl methyl sites for hydroxylation is 1. The summed E-state index contributed by atoms with van der Waals surface area (Å²) in [6.45, 7) is 7.24. The van der Waals surface area contributed by atoms with Crippen molar-refractivity contribution >= 4 is 5.91 Å². The minimum Gasteiger partial charge on any atom is -0.337 e. The molecule has 0 spiro atoms. The molecular weight excluding hydrogens is 288 g/mol. The van der Waals surface area contributed by atoms with E-state index in [1.54, 1.807) is 4.68 Å². The number of likely N-dealkylation sites (tertiary alicyclic amines) is 1. The van der Waals surface area contributed by atoms with E-state index in [0.29, 0.717) is 17.9 Å². The fraction of sp³-hybridized carbons (Fsp3) is 0.778. The zero-order valence-electron chi connectivity index (χ0n) is 14.7. The first-order chi connectivity index (χ1) is 11.0. The van der Waals surface area contributed by atoms with Gasteiger partial charge in [0.05, 0.1) is 5.69 Å². The van der Waals surface area contributed by atoms with Crippen LogP contribution in [-0.2, 0) is 13.5 Å². The van der Waals surface area contributed by atoms with Crippen molar-refractivity contribution < 1.29 is 4.79 Å². The monoisotopic (exact) mass is 318 g/mol. The van der Waals surface area contributed by atoms with E-state index in [1.165, 1.54) is 19.3 Å². The smallest absolute Gasteiger partial charge is 0.272 e. The largest absolute Gasteiger partial charge is 0.337 e. The zero-order chi connectivity index (χ0) is 16.4. The number of nitrogens with one attached hydrogen (secondary N) is 1. The van der Waals surface area contributed by atoms with Gasteiger partial charge in [0.15, 0.2) is 0 Å². The molecule has 0 radical (unpaired) electrons. The maximum Gasteiger partial charge on any atom is 0.272 e. The summed E-state index contributed by atoms with van der Waals surface area (Å²) < 4.78 is 1.76. The number of amides is 1. The molecule has 0 bridgehead atoms. The van der Waals surface area contributed by atoms with Gasteiger partial charge < -0.3 is 10.2 Å². The molecule has 0 saturated carbocycles. The van der Waals surface area contributed by atoms with Crippen molar-refractivity contribution in [2.24, 2.45) is 18.9 Å². The average Bonchev–Trinajstić information content (AvgIpc) is 2.73. The summed E-state index contributed by atoms with van der Waals surface area (Å²) in [5.74, 6) is 1.32. The molecule has 1 amide bonds. The van der Waals surface area contributed by atoms with E-state index >= 15 is 0 Å². The average molecular weight is 318 g/mol. The van der Waals surface area contributed by atoms with Crippen molar-refractivity contribution in [1.82, 2.24) is 20.0 Å². The van der Waals surface area contributed by atoms with Crippen LogP contribution in [0.5, 0.6) is 0 Å². The summed E-state index contributed by atoms with van der Waals surface area (Å²) >= 11 is 0. The van der Waals surface area contributed by atoms with Crippen molar-refractivity contribution in [2.75, 3.05) is 19.6 Å². The van der Waals surface area contributed by atoms with Gasteiger partial charge in [-0.3, -0.25) is 9.48 Å². The van der Waals surface area contributed by atoms with Crippen LogP contribution in [0.2, 0.25) is 0 Å². The van der Waals surface area contributed by atoms with Gasteiger partial charge in [0.1, 0.15) is 5.69 Å². The number of hydrogen-bond acceptors (Lipinski definition) is 3. The maximum atomic E-state index is 12.9. The van der Waals surface area contributed by atoms with Crippen LogP contribution in [0.1, 0.15) is 55.7 Å². The Morgan fingerprint density at radius 2 is 2.22 bits per heavy atom. The van der Waals surface area contributed by atoms with Gasteiger partial charge in [0.25, 0.3) is 5.91 Å². The van der Waals surface area contributed by atoms with Gasteiger partial charge >= 0.3 is 0 Å². The Labute approximate surface area is 139 Å². The second-order valence-electron chi connectivity index (χ2n) is 7.60. The van der Waals surface area contributed by atoms with Crippen molar-refractivity contribution in [3.8, 4) is 0 Å². The number of nitrogens with zero attached hydrogens (tertiary/aromatic N) is 3. The SMILES string of the molecule is CC(C)Cc1cc(C(=O)N2CC[C@H]3NCCCC[C@H]3C2)n(C)n1. The molecule has 1 aromatic rings. The van der Waals surface area contributed by atoms with E-state index in [2.05, 4.69) is 24.3 Å². The molecule has 0 aromatic carbocycles. The molecule has 1 aromatic heterocycles. The maximum absolute atomic E-state index is 12.9. The summed E-state index contributed by atoms with van der Waals surface area (Å²) in [5.41, 5.74) is 1.76. The Morgan fingerprint density at radius 1 is 1.39 bits per heavy atom. The molecule has 2 aliphatic rings. The fourth-order valence-corrected chi connectivity index (χ4v) is 4.00. The Balaban J connectivity index is 1.69. The number of carbonyl (C=O) groups is 1. The summed E-state index contributed by atoms with van der Waals surface area (Å²) in [5, 5.41) is 8.18. The lowest BCUT2D eigenvalue weighted by molar-refractivity contribution is 0.0620. The van der Waals surface area contributed by atoms with Crippen molar-refractivity contribution in [2.45, 2.75) is 52.0 Å². The predicted octanol–water partition coefficient (Wildman–Crippen LogP) is 2.22.